The number of amides is 1. The van der Waals surface area contributed by atoms with E-state index in [-0.39, 0.29) is 24.3 Å². The van der Waals surface area contributed by atoms with Gasteiger partial charge in [-0.15, -0.1) is 0 Å². The first kappa shape index (κ1) is 12.6. The van der Waals surface area contributed by atoms with E-state index in [1.165, 1.54) is 0 Å². The number of halogens is 3. The van der Waals surface area contributed by atoms with E-state index in [9.17, 15) is 18.0 Å². The molecular weight excluding hydrogens is 205 g/mol. The van der Waals surface area contributed by atoms with E-state index < -0.39 is 17.2 Å². The van der Waals surface area contributed by atoms with Crippen LogP contribution in [0.3, 0.4) is 0 Å². The summed E-state index contributed by atoms with van der Waals surface area (Å²) in [7, 11) is 0. The highest BCUT2D eigenvalue weighted by Crippen LogP contribution is 2.29. The molecule has 0 aliphatic rings. The van der Waals surface area contributed by atoms with E-state index in [0.29, 0.717) is 0 Å². The third-order valence-corrected chi connectivity index (χ3v) is 1.86. The molecular formula is C6H11F3N2OS. The molecule has 0 unspecified atom stereocenters. The van der Waals surface area contributed by atoms with Crippen molar-refractivity contribution in [1.82, 2.24) is 5.32 Å². The zero-order chi connectivity index (χ0) is 10.5. The number of nitrogens with one attached hydrogen (secondary N) is 1. The summed E-state index contributed by atoms with van der Waals surface area (Å²) < 4.78 is 34.8. The van der Waals surface area contributed by atoms with Gasteiger partial charge in [-0.1, -0.05) is 0 Å². The lowest BCUT2D eigenvalue weighted by atomic mass is 10.3. The number of carbonyl (C=O) groups excluding carboxylic acids is 1. The van der Waals surface area contributed by atoms with E-state index in [0.717, 1.165) is 0 Å². The van der Waals surface area contributed by atoms with Gasteiger partial charge in [0.05, 0.1) is 5.75 Å². The maximum absolute atomic E-state index is 11.6. The molecule has 0 saturated heterocycles. The van der Waals surface area contributed by atoms with E-state index in [2.05, 4.69) is 5.32 Å². The molecule has 0 bridgehead atoms. The van der Waals surface area contributed by atoms with Gasteiger partial charge in [0.1, 0.15) is 0 Å². The second-order valence-corrected chi connectivity index (χ2v) is 3.48. The molecule has 0 radical (unpaired) electrons. The summed E-state index contributed by atoms with van der Waals surface area (Å²) in [6.07, 6.45) is 0. The van der Waals surface area contributed by atoms with Crippen molar-refractivity contribution in [2.45, 2.75) is 18.5 Å². The van der Waals surface area contributed by atoms with Crippen LogP contribution in [0.15, 0.2) is 0 Å². The minimum atomic E-state index is -4.36. The van der Waals surface area contributed by atoms with Crippen LogP contribution in [-0.2, 0) is 4.79 Å². The quantitative estimate of drug-likeness (QED) is 0.727. The molecule has 0 aromatic carbocycles. The Balaban J connectivity index is 3.64. The first-order chi connectivity index (χ1) is 5.85. The van der Waals surface area contributed by atoms with Gasteiger partial charge in [0.2, 0.25) is 5.91 Å². The molecule has 78 valence electrons. The molecule has 0 saturated carbocycles. The van der Waals surface area contributed by atoms with Crippen LogP contribution < -0.4 is 11.1 Å². The molecule has 3 nitrogen and oxygen atoms in total. The van der Waals surface area contributed by atoms with Gasteiger partial charge in [-0.25, -0.2) is 0 Å². The van der Waals surface area contributed by atoms with Crippen LogP contribution in [0, 0.1) is 0 Å². The maximum Gasteiger partial charge on any atom is 0.442 e. The Kier molecular flexibility index (Phi) is 5.16. The number of nitrogens with two attached hydrogens (primary N) is 1. The smallest absolute Gasteiger partial charge is 0.352 e. The molecule has 0 aliphatic heterocycles. The molecule has 0 aromatic rings. The number of hydrogen-bond donors (Lipinski definition) is 2. The van der Waals surface area contributed by atoms with Crippen LogP contribution in [-0.4, -0.2) is 29.8 Å². The fourth-order valence-corrected chi connectivity index (χ4v) is 0.901. The predicted octanol–water partition coefficient (Wildman–Crippen LogP) is 0.703. The average Bonchev–Trinajstić information content (AvgIpc) is 1.99. The van der Waals surface area contributed by atoms with Gasteiger partial charge >= 0.3 is 5.51 Å². The zero-order valence-electron chi connectivity index (χ0n) is 7.02. The van der Waals surface area contributed by atoms with Crippen molar-refractivity contribution in [3.05, 3.63) is 0 Å². The van der Waals surface area contributed by atoms with E-state index >= 15 is 0 Å². The summed E-state index contributed by atoms with van der Waals surface area (Å²) >= 11 is -0.359. The predicted molar refractivity (Wildman–Crippen MR) is 45.2 cm³/mol. The Labute approximate surface area is 78.2 Å². The van der Waals surface area contributed by atoms with Crippen molar-refractivity contribution in [3.8, 4) is 0 Å². The highest BCUT2D eigenvalue weighted by Gasteiger charge is 2.29. The SMILES string of the molecule is C[C@@H](CN)NC(=O)CSC(F)(F)F. The van der Waals surface area contributed by atoms with Gasteiger partial charge in [0, 0.05) is 12.6 Å². The van der Waals surface area contributed by atoms with Crippen molar-refractivity contribution >= 4 is 17.7 Å². The van der Waals surface area contributed by atoms with Gasteiger partial charge in [0.25, 0.3) is 0 Å². The Hall–Kier alpha value is -0.430. The van der Waals surface area contributed by atoms with E-state index in [1.807, 2.05) is 0 Å². The molecule has 0 fully saturated rings. The third kappa shape index (κ3) is 7.92. The standard InChI is InChI=1S/C6H11F3N2OS/c1-4(2-10)11-5(12)3-13-6(7,8)9/h4H,2-3,10H2,1H3,(H,11,12)/t4-/m0/s1. The Morgan fingerprint density at radius 2 is 2.15 bits per heavy atom. The minimum Gasteiger partial charge on any atom is -0.352 e. The first-order valence-corrected chi connectivity index (χ1v) is 4.54. The molecule has 0 rings (SSSR count). The summed E-state index contributed by atoms with van der Waals surface area (Å²) in [5.74, 6) is -1.27. The summed E-state index contributed by atoms with van der Waals surface area (Å²) in [6.45, 7) is 1.83. The highest BCUT2D eigenvalue weighted by molar-refractivity contribution is 8.00. The van der Waals surface area contributed by atoms with E-state index in [4.69, 9.17) is 5.73 Å². The summed E-state index contributed by atoms with van der Waals surface area (Å²) in [6, 6.07) is -0.290. The third-order valence-electron chi connectivity index (χ3n) is 1.13. The number of rotatable bonds is 4. The van der Waals surface area contributed by atoms with Crippen LogP contribution in [0.25, 0.3) is 0 Å². The molecule has 7 heteroatoms. The topological polar surface area (TPSA) is 55.1 Å². The van der Waals surface area contributed by atoms with E-state index in [1.54, 1.807) is 6.92 Å². The van der Waals surface area contributed by atoms with Gasteiger partial charge in [-0.3, -0.25) is 4.79 Å². The number of thioether (sulfide) groups is 1. The van der Waals surface area contributed by atoms with Gasteiger partial charge in [0.15, 0.2) is 0 Å². The minimum absolute atomic E-state index is 0.211. The normalized spacial score (nSPS) is 13.9. The Morgan fingerprint density at radius 3 is 2.54 bits per heavy atom. The summed E-state index contributed by atoms with van der Waals surface area (Å²) in [5, 5.41) is 2.32. The molecule has 0 heterocycles. The molecule has 0 spiro atoms. The van der Waals surface area contributed by atoms with Gasteiger partial charge in [-0.05, 0) is 18.7 Å². The van der Waals surface area contributed by atoms with Crippen LogP contribution in [0.5, 0.6) is 0 Å². The fourth-order valence-electron chi connectivity index (χ4n) is 0.523. The fraction of sp³-hybridized carbons (Fsp3) is 0.833. The maximum atomic E-state index is 11.6. The molecule has 1 atom stereocenters. The second-order valence-electron chi connectivity index (χ2n) is 2.44. The largest absolute Gasteiger partial charge is 0.442 e. The molecule has 13 heavy (non-hydrogen) atoms. The molecule has 3 N–H and O–H groups in total. The average molecular weight is 216 g/mol. The first-order valence-electron chi connectivity index (χ1n) is 3.55. The van der Waals surface area contributed by atoms with Crippen LogP contribution >= 0.6 is 11.8 Å². The van der Waals surface area contributed by atoms with Crippen molar-refractivity contribution in [1.29, 1.82) is 0 Å². The van der Waals surface area contributed by atoms with Crippen LogP contribution in [0.2, 0.25) is 0 Å². The zero-order valence-corrected chi connectivity index (χ0v) is 7.84. The highest BCUT2D eigenvalue weighted by atomic mass is 32.2. The molecule has 0 aromatic heterocycles. The van der Waals surface area contributed by atoms with Crippen molar-refractivity contribution in [3.63, 3.8) is 0 Å². The van der Waals surface area contributed by atoms with Crippen LogP contribution in [0.4, 0.5) is 13.2 Å². The van der Waals surface area contributed by atoms with Crippen LogP contribution in [0.1, 0.15) is 6.92 Å². The molecule has 0 aliphatic carbocycles. The lowest BCUT2D eigenvalue weighted by Crippen LogP contribution is -2.39. The second kappa shape index (κ2) is 5.33. The lowest BCUT2D eigenvalue weighted by molar-refractivity contribution is -0.119. The molecule has 1 amide bonds. The van der Waals surface area contributed by atoms with Crippen molar-refractivity contribution in [2.24, 2.45) is 5.73 Å². The van der Waals surface area contributed by atoms with Gasteiger partial charge in [-0.2, -0.15) is 13.2 Å². The monoisotopic (exact) mass is 216 g/mol. The number of hydrogen-bond acceptors (Lipinski definition) is 3. The van der Waals surface area contributed by atoms with Crippen molar-refractivity contribution < 1.29 is 18.0 Å². The summed E-state index contributed by atoms with van der Waals surface area (Å²) in [5.41, 5.74) is 0.801. The van der Waals surface area contributed by atoms with Crippen molar-refractivity contribution in [2.75, 3.05) is 12.3 Å². The van der Waals surface area contributed by atoms with Gasteiger partial charge < -0.3 is 11.1 Å². The Bertz CT molecular complexity index is 174. The lowest BCUT2D eigenvalue weighted by Gasteiger charge is -2.11. The summed E-state index contributed by atoms with van der Waals surface area (Å²) in [4.78, 5) is 10.8. The number of carbonyl (C=O) groups is 1. The Morgan fingerprint density at radius 1 is 1.62 bits per heavy atom. The number of alkyl halides is 3.